The van der Waals surface area contributed by atoms with Gasteiger partial charge in [-0.3, -0.25) is 9.59 Å². The second-order valence-corrected chi connectivity index (χ2v) is 23.9. The maximum absolute atomic E-state index is 16.2. The number of amides is 1. The Bertz CT molecular complexity index is 2440. The Labute approximate surface area is 432 Å². The summed E-state index contributed by atoms with van der Waals surface area (Å²) in [6, 6.07) is 13.9. The number of carbonyl (C=O) groups is 7. The van der Waals surface area contributed by atoms with Gasteiger partial charge in [0.15, 0.2) is 23.6 Å². The first kappa shape index (κ1) is 55.4. The number of hydrogen-bond donors (Lipinski definition) is 3. The molecule has 1 amide bonds. The molecule has 3 fully saturated rings. The highest BCUT2D eigenvalue weighted by Crippen LogP contribution is 2.65. The van der Waals surface area contributed by atoms with E-state index in [9.17, 15) is 39.0 Å². The molecule has 17 nitrogen and oxygen atoms in total. The van der Waals surface area contributed by atoms with Crippen molar-refractivity contribution in [3.05, 3.63) is 82.9 Å². The summed E-state index contributed by atoms with van der Waals surface area (Å²) >= 11 is 36.2. The molecule has 0 aromatic heterocycles. The first-order valence-electron chi connectivity index (χ1n) is 21.7. The summed E-state index contributed by atoms with van der Waals surface area (Å²) in [5.74, 6) is -9.49. The van der Waals surface area contributed by atoms with Gasteiger partial charge >= 0.3 is 35.9 Å². The second kappa shape index (κ2) is 19.8. The minimum Gasteiger partial charge on any atom is -0.458 e. The zero-order valence-electron chi connectivity index (χ0n) is 38.9. The van der Waals surface area contributed by atoms with Crippen LogP contribution in [0.3, 0.4) is 0 Å². The van der Waals surface area contributed by atoms with E-state index in [2.05, 4.69) is 5.32 Å². The molecular weight excluding hydrogens is 1050 g/mol. The van der Waals surface area contributed by atoms with Crippen LogP contribution in [0.5, 0.6) is 0 Å². The molecule has 0 spiro atoms. The number of halogens is 6. The number of alkyl halides is 6. The van der Waals surface area contributed by atoms with Gasteiger partial charge in [0.2, 0.25) is 0 Å². The van der Waals surface area contributed by atoms with Crippen molar-refractivity contribution in [1.82, 2.24) is 5.32 Å². The minimum atomic E-state index is -2.86. The normalized spacial score (nSPS) is 30.3. The first-order valence-corrected chi connectivity index (χ1v) is 24.0. The SMILES string of the molecule is CC(=O)O[C@@]12CO[C@@H]1C[C@H](OC(=O)C(Cl)(Cl)Cl)[C@@]1(C)C(=O)[C@H](OC(=O)C(Cl)(Cl)Cl)C3=C(C)[C@@H](OC(=O)[C@H](O)[C@@H](NC(=O)OC(C)(C)C)c4ccccc4)C[C@@](O)([C@@H](OC(=O)c4ccccc4)C12)C3(C)C. The van der Waals surface area contributed by atoms with E-state index in [4.69, 9.17) is 103 Å². The lowest BCUT2D eigenvalue weighted by Crippen LogP contribution is -2.82. The Morgan fingerprint density at radius 2 is 1.39 bits per heavy atom. The molecule has 3 aliphatic carbocycles. The second-order valence-electron chi connectivity index (χ2n) is 19.3. The van der Waals surface area contributed by atoms with Crippen LogP contribution in [0.2, 0.25) is 0 Å². The quantitative estimate of drug-likeness (QED) is 0.0931. The van der Waals surface area contributed by atoms with E-state index in [0.29, 0.717) is 0 Å². The fourth-order valence-corrected chi connectivity index (χ4v) is 10.4. The molecule has 2 bridgehead atoms. The minimum absolute atomic E-state index is 0.0512. The molecule has 382 valence electrons. The van der Waals surface area contributed by atoms with Gasteiger partial charge in [0.25, 0.3) is 7.59 Å². The third-order valence-electron chi connectivity index (χ3n) is 13.5. The van der Waals surface area contributed by atoms with Crippen LogP contribution >= 0.6 is 69.6 Å². The van der Waals surface area contributed by atoms with E-state index in [1.807, 2.05) is 0 Å². The van der Waals surface area contributed by atoms with Crippen molar-refractivity contribution in [3.63, 3.8) is 0 Å². The number of esters is 5. The summed E-state index contributed by atoms with van der Waals surface area (Å²) < 4.78 is 36.1. The van der Waals surface area contributed by atoms with Crippen LogP contribution in [0.15, 0.2) is 71.8 Å². The Kier molecular flexibility index (Phi) is 15.7. The summed E-state index contributed by atoms with van der Waals surface area (Å²) in [7, 11) is 0. The van der Waals surface area contributed by atoms with Crippen LogP contribution in [0, 0.1) is 16.7 Å². The van der Waals surface area contributed by atoms with Crippen molar-refractivity contribution in [2.75, 3.05) is 6.61 Å². The molecule has 1 unspecified atom stereocenters. The molecule has 6 rings (SSSR count). The summed E-state index contributed by atoms with van der Waals surface area (Å²) in [6.45, 7) is 10.8. The lowest BCUT2D eigenvalue weighted by Gasteiger charge is -2.67. The number of benzene rings is 2. The van der Waals surface area contributed by atoms with E-state index >= 15 is 4.79 Å². The van der Waals surface area contributed by atoms with E-state index < -0.39 is 145 Å². The number of hydrogen-bond acceptors (Lipinski definition) is 16. The third-order valence-corrected chi connectivity index (χ3v) is 14.4. The third kappa shape index (κ3) is 10.5. The average Bonchev–Trinajstić information content (AvgIpc) is 3.25. The number of aliphatic hydroxyl groups is 2. The summed E-state index contributed by atoms with van der Waals surface area (Å²) in [6.07, 6.45) is -13.5. The van der Waals surface area contributed by atoms with E-state index in [1.165, 1.54) is 64.1 Å². The molecule has 70 heavy (non-hydrogen) atoms. The number of carbonyl (C=O) groups excluding carboxylic acids is 7. The fourth-order valence-electron chi connectivity index (χ4n) is 10.2. The predicted molar refractivity (Wildman–Crippen MR) is 252 cm³/mol. The molecule has 1 heterocycles. The molecule has 3 N–H and O–H groups in total. The predicted octanol–water partition coefficient (Wildman–Crippen LogP) is 7.10. The highest BCUT2D eigenvalue weighted by Gasteiger charge is 2.79. The number of ether oxygens (including phenoxy) is 7. The molecular formula is C47H51Cl6NO16. The van der Waals surface area contributed by atoms with Crippen molar-refractivity contribution in [2.24, 2.45) is 16.7 Å². The molecule has 1 saturated heterocycles. The largest absolute Gasteiger partial charge is 0.458 e. The number of ketones is 1. The smallest absolute Gasteiger partial charge is 0.408 e. The number of Topliss-reactive ketones (excluding diaryl/α,β-unsaturated/α-hetero) is 1. The summed E-state index contributed by atoms with van der Waals surface area (Å²) in [4.78, 5) is 98.9. The van der Waals surface area contributed by atoms with Crippen molar-refractivity contribution >= 4 is 111 Å². The molecule has 0 radical (unpaired) electrons. The first-order chi connectivity index (χ1) is 32.2. The van der Waals surface area contributed by atoms with Gasteiger partial charge in [-0.25, -0.2) is 24.0 Å². The summed E-state index contributed by atoms with van der Waals surface area (Å²) in [5.41, 5.74) is -10.2. The highest BCUT2D eigenvalue weighted by molar-refractivity contribution is 6.76. The van der Waals surface area contributed by atoms with Crippen molar-refractivity contribution in [3.8, 4) is 0 Å². The monoisotopic (exact) mass is 1100 g/mol. The van der Waals surface area contributed by atoms with Gasteiger partial charge in [-0.2, -0.15) is 0 Å². The van der Waals surface area contributed by atoms with Crippen molar-refractivity contribution in [2.45, 2.75) is 135 Å². The van der Waals surface area contributed by atoms with Gasteiger partial charge in [0.05, 0.1) is 29.5 Å². The van der Waals surface area contributed by atoms with E-state index in [0.717, 1.165) is 6.92 Å². The number of fused-ring (bicyclic) bond motifs is 5. The van der Waals surface area contributed by atoms with Gasteiger partial charge in [0.1, 0.15) is 35.6 Å². The number of nitrogens with one attached hydrogen (secondary N) is 1. The van der Waals surface area contributed by atoms with Crippen molar-refractivity contribution in [1.29, 1.82) is 0 Å². The van der Waals surface area contributed by atoms with Crippen LogP contribution in [-0.4, -0.2) is 120 Å². The maximum atomic E-state index is 16.2. The van der Waals surface area contributed by atoms with E-state index in [1.54, 1.807) is 45.0 Å². The van der Waals surface area contributed by atoms with E-state index in [-0.39, 0.29) is 22.3 Å². The Balaban J connectivity index is 1.63. The van der Waals surface area contributed by atoms with Crippen LogP contribution < -0.4 is 5.32 Å². The van der Waals surface area contributed by atoms with Crippen molar-refractivity contribution < 1.29 is 76.9 Å². The topological polar surface area (TPSA) is 237 Å². The van der Waals surface area contributed by atoms with Crippen LogP contribution in [-0.2, 0) is 57.1 Å². The average molecular weight is 1100 g/mol. The molecule has 1 aliphatic heterocycles. The molecule has 4 aliphatic rings. The lowest BCUT2D eigenvalue weighted by molar-refractivity contribution is -0.346. The van der Waals surface area contributed by atoms with Gasteiger partial charge < -0.3 is 48.7 Å². The Morgan fingerprint density at radius 1 is 0.829 bits per heavy atom. The molecule has 2 saturated carbocycles. The fraction of sp³-hybridized carbons (Fsp3) is 0.553. The van der Waals surface area contributed by atoms with Gasteiger partial charge in [-0.1, -0.05) is 132 Å². The zero-order chi connectivity index (χ0) is 52.3. The molecule has 23 heteroatoms. The lowest BCUT2D eigenvalue weighted by atomic mass is 9.44. The summed E-state index contributed by atoms with van der Waals surface area (Å²) in [5, 5.41) is 28.3. The molecule has 11 atom stereocenters. The van der Waals surface area contributed by atoms with Gasteiger partial charge in [0, 0.05) is 25.2 Å². The standard InChI is InChI=1S/C47H51Cl6NO16/c1-22-26(65-37(59)31(56)30(24-15-11-9-12-16-24)54-40(62)70-41(3,4)5)20-45(63)35(68-36(58)25-17-13-10-14-18-25)33-43(8,34(57)32(29(22)42(45,6)7)67-39(61)47(51,52)53)27(66-38(60)46(48,49)50)19-28-44(33,21-64-28)69-23(2)55/h9-18,26-28,30-33,35,56,63H,19-21H2,1-8H3,(H,54,62)/t26-,27-,28+,30-,31+,32+,33?,35-,43+,44-,45+/m0/s1. The zero-order valence-corrected chi connectivity index (χ0v) is 43.4. The van der Waals surface area contributed by atoms with Gasteiger partial charge in [-0.15, -0.1) is 0 Å². The van der Waals surface area contributed by atoms with Crippen LogP contribution in [0.25, 0.3) is 0 Å². The highest BCUT2D eigenvalue weighted by atomic mass is 35.6. The van der Waals surface area contributed by atoms with Gasteiger partial charge in [-0.05, 0) is 63.5 Å². The Morgan fingerprint density at radius 3 is 1.90 bits per heavy atom. The number of alkyl carbamates (subject to hydrolysis) is 1. The maximum Gasteiger partial charge on any atom is 0.408 e. The molecule has 2 aromatic rings. The van der Waals surface area contributed by atoms with Crippen LogP contribution in [0.1, 0.15) is 90.2 Å². The molecule has 2 aromatic carbocycles. The Hall–Kier alpha value is -3.91. The number of aliphatic hydroxyl groups excluding tert-OH is 1. The van der Waals surface area contributed by atoms with Crippen LogP contribution in [0.4, 0.5) is 4.79 Å². The number of rotatable bonds is 10.